The lowest BCUT2D eigenvalue weighted by Crippen LogP contribution is -2.31. The fraction of sp³-hybridized carbons (Fsp3) is 0.143. The summed E-state index contributed by atoms with van der Waals surface area (Å²) in [7, 11) is 0. The van der Waals surface area contributed by atoms with Crippen molar-refractivity contribution in [1.29, 1.82) is 0 Å². The van der Waals surface area contributed by atoms with Crippen LogP contribution in [-0.4, -0.2) is 10.5 Å². The maximum Gasteiger partial charge on any atom is 0.251 e. The number of nitrogens with one attached hydrogen (secondary N) is 1. The molecule has 2 rings (SSSR count). The van der Waals surface area contributed by atoms with Crippen molar-refractivity contribution in [3.8, 4) is 0 Å². The third-order valence-corrected chi connectivity index (χ3v) is 3.51. The van der Waals surface area contributed by atoms with Crippen LogP contribution in [0.25, 0.3) is 0 Å². The van der Waals surface area contributed by atoms with Gasteiger partial charge in [-0.2, -0.15) is 0 Å². The third-order valence-electron chi connectivity index (χ3n) is 2.94. The Labute approximate surface area is 131 Å². The summed E-state index contributed by atoms with van der Waals surface area (Å²) in [5.41, 5.74) is 6.10. The number of nitrogens with two attached hydrogens (primary N) is 1. The number of hydrogen-bond donors (Lipinski definition) is 2. The number of benzene rings is 1. The van der Waals surface area contributed by atoms with Crippen LogP contribution in [0.2, 0.25) is 10.0 Å². The van der Waals surface area contributed by atoms with E-state index in [1.165, 1.54) is 29.0 Å². The lowest BCUT2D eigenvalue weighted by Gasteiger charge is -2.16. The monoisotopic (exact) mass is 325 g/mol. The van der Waals surface area contributed by atoms with Crippen molar-refractivity contribution in [3.63, 3.8) is 0 Å². The molecule has 2 aromatic rings. The van der Waals surface area contributed by atoms with Crippen LogP contribution in [0.1, 0.15) is 13.0 Å². The first-order valence-corrected chi connectivity index (χ1v) is 6.87. The Bertz CT molecular complexity index is 743. The Balaban J connectivity index is 2.25. The molecule has 0 aliphatic carbocycles. The standard InChI is InChI=1S/C14H13Cl2N3O2/c1-8(19-7-10(17)3-5-13(19)20)14(21)18-12-6-9(15)2-4-11(12)16/h2-8H,17H2,1H3,(H,18,21). The molecule has 0 aliphatic heterocycles. The number of carbonyl (C=O) groups is 1. The maximum absolute atomic E-state index is 12.2. The number of pyridine rings is 1. The fourth-order valence-corrected chi connectivity index (χ4v) is 2.12. The lowest BCUT2D eigenvalue weighted by molar-refractivity contribution is -0.118. The summed E-state index contributed by atoms with van der Waals surface area (Å²) in [4.78, 5) is 24.0. The molecule has 1 unspecified atom stereocenters. The second-order valence-electron chi connectivity index (χ2n) is 4.50. The minimum absolute atomic E-state index is 0.316. The molecule has 0 saturated carbocycles. The SMILES string of the molecule is CC(C(=O)Nc1cc(Cl)ccc1Cl)n1cc(N)ccc1=O. The maximum atomic E-state index is 12.2. The van der Waals surface area contributed by atoms with Gasteiger partial charge in [-0.25, -0.2) is 0 Å². The van der Waals surface area contributed by atoms with E-state index in [0.717, 1.165) is 0 Å². The van der Waals surface area contributed by atoms with E-state index >= 15 is 0 Å². The average molecular weight is 326 g/mol. The fourth-order valence-electron chi connectivity index (χ4n) is 1.78. The summed E-state index contributed by atoms with van der Waals surface area (Å²) in [6.07, 6.45) is 1.42. The summed E-state index contributed by atoms with van der Waals surface area (Å²) in [6.45, 7) is 1.59. The number of halogens is 2. The van der Waals surface area contributed by atoms with E-state index in [4.69, 9.17) is 28.9 Å². The molecule has 1 aromatic carbocycles. The summed E-state index contributed by atoms with van der Waals surface area (Å²) in [6, 6.07) is 6.79. The van der Waals surface area contributed by atoms with Gasteiger partial charge < -0.3 is 15.6 Å². The van der Waals surface area contributed by atoms with E-state index in [0.29, 0.717) is 21.4 Å². The Kier molecular flexibility index (Phi) is 4.55. The number of hydrogen-bond acceptors (Lipinski definition) is 3. The zero-order valence-corrected chi connectivity index (χ0v) is 12.7. The van der Waals surface area contributed by atoms with Crippen LogP contribution in [0.15, 0.2) is 41.3 Å². The number of nitrogens with zero attached hydrogens (tertiary/aromatic N) is 1. The first kappa shape index (κ1) is 15.4. The number of nitrogen functional groups attached to an aromatic ring is 1. The first-order valence-electron chi connectivity index (χ1n) is 6.12. The van der Waals surface area contributed by atoms with Gasteiger partial charge in [-0.1, -0.05) is 23.2 Å². The number of carbonyl (C=O) groups excluding carboxylic acids is 1. The lowest BCUT2D eigenvalue weighted by atomic mass is 10.2. The molecule has 1 atom stereocenters. The van der Waals surface area contributed by atoms with Gasteiger partial charge in [-0.05, 0) is 31.2 Å². The topological polar surface area (TPSA) is 77.1 Å². The molecule has 7 heteroatoms. The second-order valence-corrected chi connectivity index (χ2v) is 5.34. The number of amides is 1. The van der Waals surface area contributed by atoms with Crippen LogP contribution >= 0.6 is 23.2 Å². The van der Waals surface area contributed by atoms with Gasteiger partial charge in [0.25, 0.3) is 5.56 Å². The van der Waals surface area contributed by atoms with Crippen LogP contribution in [0.4, 0.5) is 11.4 Å². The van der Waals surface area contributed by atoms with Gasteiger partial charge in [0.05, 0.1) is 10.7 Å². The quantitative estimate of drug-likeness (QED) is 0.910. The molecule has 1 aromatic heterocycles. The minimum Gasteiger partial charge on any atom is -0.398 e. The highest BCUT2D eigenvalue weighted by molar-refractivity contribution is 6.35. The van der Waals surface area contributed by atoms with Crippen molar-refractivity contribution in [1.82, 2.24) is 4.57 Å². The zero-order chi connectivity index (χ0) is 15.6. The van der Waals surface area contributed by atoms with Crippen LogP contribution in [0.3, 0.4) is 0 Å². The second kappa shape index (κ2) is 6.20. The third kappa shape index (κ3) is 3.56. The Morgan fingerprint density at radius 2 is 2.00 bits per heavy atom. The van der Waals surface area contributed by atoms with E-state index in [2.05, 4.69) is 5.32 Å². The Morgan fingerprint density at radius 1 is 1.29 bits per heavy atom. The van der Waals surface area contributed by atoms with E-state index in [-0.39, 0.29) is 5.56 Å². The van der Waals surface area contributed by atoms with Gasteiger partial charge >= 0.3 is 0 Å². The highest BCUT2D eigenvalue weighted by Gasteiger charge is 2.17. The van der Waals surface area contributed by atoms with Crippen molar-refractivity contribution in [2.45, 2.75) is 13.0 Å². The van der Waals surface area contributed by atoms with E-state index in [1.54, 1.807) is 19.1 Å². The number of anilines is 2. The summed E-state index contributed by atoms with van der Waals surface area (Å²) in [5, 5.41) is 3.45. The van der Waals surface area contributed by atoms with E-state index in [1.807, 2.05) is 0 Å². The molecule has 0 fully saturated rings. The normalized spacial score (nSPS) is 12.0. The van der Waals surface area contributed by atoms with Gasteiger partial charge in [0.2, 0.25) is 5.91 Å². The molecule has 3 N–H and O–H groups in total. The largest absolute Gasteiger partial charge is 0.398 e. The Hall–Kier alpha value is -1.98. The molecule has 1 amide bonds. The summed E-state index contributed by atoms with van der Waals surface area (Å²) >= 11 is 11.8. The van der Waals surface area contributed by atoms with Gasteiger partial charge in [0.15, 0.2) is 0 Å². The van der Waals surface area contributed by atoms with Crippen molar-refractivity contribution in [3.05, 3.63) is 56.9 Å². The van der Waals surface area contributed by atoms with Crippen molar-refractivity contribution in [2.24, 2.45) is 0 Å². The van der Waals surface area contributed by atoms with Crippen molar-refractivity contribution >= 4 is 40.5 Å². The summed E-state index contributed by atoms with van der Waals surface area (Å²) in [5.74, 6) is -0.396. The average Bonchev–Trinajstić information content (AvgIpc) is 2.44. The molecule has 0 radical (unpaired) electrons. The van der Waals surface area contributed by atoms with Crippen LogP contribution in [-0.2, 0) is 4.79 Å². The van der Waals surface area contributed by atoms with Gasteiger partial charge in [-0.15, -0.1) is 0 Å². The predicted molar refractivity (Wildman–Crippen MR) is 84.9 cm³/mol. The molecule has 1 heterocycles. The van der Waals surface area contributed by atoms with E-state index < -0.39 is 11.9 Å². The molecule has 0 bridgehead atoms. The smallest absolute Gasteiger partial charge is 0.251 e. The molecular weight excluding hydrogens is 313 g/mol. The van der Waals surface area contributed by atoms with Crippen LogP contribution in [0.5, 0.6) is 0 Å². The van der Waals surface area contributed by atoms with Crippen LogP contribution < -0.4 is 16.6 Å². The Morgan fingerprint density at radius 3 is 2.71 bits per heavy atom. The highest BCUT2D eigenvalue weighted by atomic mass is 35.5. The van der Waals surface area contributed by atoms with Crippen LogP contribution in [0, 0.1) is 0 Å². The van der Waals surface area contributed by atoms with Gasteiger partial charge in [0, 0.05) is 23.0 Å². The summed E-state index contributed by atoms with van der Waals surface area (Å²) < 4.78 is 1.25. The van der Waals surface area contributed by atoms with Gasteiger partial charge in [0.1, 0.15) is 6.04 Å². The van der Waals surface area contributed by atoms with Gasteiger partial charge in [-0.3, -0.25) is 9.59 Å². The highest BCUT2D eigenvalue weighted by Crippen LogP contribution is 2.26. The molecule has 0 saturated heterocycles. The number of rotatable bonds is 3. The number of aromatic nitrogens is 1. The van der Waals surface area contributed by atoms with Crippen molar-refractivity contribution < 1.29 is 4.79 Å². The van der Waals surface area contributed by atoms with Crippen molar-refractivity contribution in [2.75, 3.05) is 11.1 Å². The van der Waals surface area contributed by atoms with E-state index in [9.17, 15) is 9.59 Å². The molecular formula is C14H13Cl2N3O2. The first-order chi connectivity index (χ1) is 9.88. The minimum atomic E-state index is -0.740. The molecule has 110 valence electrons. The molecule has 0 aliphatic rings. The molecule has 5 nitrogen and oxygen atoms in total. The zero-order valence-electron chi connectivity index (χ0n) is 11.1. The molecule has 0 spiro atoms. The molecule has 21 heavy (non-hydrogen) atoms. The predicted octanol–water partition coefficient (Wildman–Crippen LogP) is 2.94.